The van der Waals surface area contributed by atoms with Gasteiger partial charge in [0.2, 0.25) is 11.8 Å². The number of benzene rings is 1. The number of ether oxygens (including phenoxy) is 4. The van der Waals surface area contributed by atoms with Crippen molar-refractivity contribution in [3.8, 4) is 22.9 Å². The van der Waals surface area contributed by atoms with Crippen molar-refractivity contribution in [1.82, 2.24) is 30.4 Å². The largest absolute Gasteiger partial charge is 0.491 e. The van der Waals surface area contributed by atoms with Gasteiger partial charge in [-0.25, -0.2) is 19.6 Å². The first-order valence-corrected chi connectivity index (χ1v) is 23.2. The number of rotatable bonds is 16. The molecule has 63 heavy (non-hydrogen) atoms. The highest BCUT2D eigenvalue weighted by molar-refractivity contribution is 7.14. The lowest BCUT2D eigenvalue weighted by atomic mass is 9.85. The van der Waals surface area contributed by atoms with E-state index in [0.29, 0.717) is 82.1 Å². The van der Waals surface area contributed by atoms with E-state index >= 15 is 0 Å². The predicted octanol–water partition coefficient (Wildman–Crippen LogP) is 5.98. The van der Waals surface area contributed by atoms with Crippen LogP contribution in [0.2, 0.25) is 5.02 Å². The van der Waals surface area contributed by atoms with Crippen LogP contribution in [0.3, 0.4) is 0 Å². The Kier molecular flexibility index (Phi) is 12.9. The first-order valence-electron chi connectivity index (χ1n) is 21.9. The predicted molar refractivity (Wildman–Crippen MR) is 238 cm³/mol. The summed E-state index contributed by atoms with van der Waals surface area (Å²) in [6.07, 6.45) is 2.85. The highest BCUT2D eigenvalue weighted by Gasteiger charge is 2.61. The van der Waals surface area contributed by atoms with Crippen molar-refractivity contribution in [2.45, 2.75) is 103 Å². The molecule has 0 spiro atoms. The van der Waals surface area contributed by atoms with E-state index in [0.717, 1.165) is 25.9 Å². The van der Waals surface area contributed by atoms with Crippen LogP contribution < -0.4 is 25.4 Å². The summed E-state index contributed by atoms with van der Waals surface area (Å²) in [5.41, 5.74) is -0.841. The molecule has 0 radical (unpaired) electrons. The standard InChI is InChI=1S/C45H58ClN7O9S/c1-7-27-21-45(27,41(56)57)51-39(54)33-19-29(22-53(33)40(55)38(44(4,5)6)50-43(58)62-28-17-25-16-26(25)18-28)61-35-20-31(32-23-63-42(49-32)47-24(2)3)48-37-30(35)8-9-34(36(37)46)60-15-12-52-10-13-59-14-11-52/h7-9,20,23-29,33,38H,1,10-19,21-22H2,2-6H3,(H,47,49)(H,50,58)(H,51,54)(H,56,57)/t25-,26+,27-,28+,29?,33+,38-,45-/m1/s1. The highest BCUT2D eigenvalue weighted by atomic mass is 35.5. The minimum atomic E-state index is -1.54. The number of hydrogen-bond donors (Lipinski definition) is 4. The van der Waals surface area contributed by atoms with Gasteiger partial charge in [-0.1, -0.05) is 38.4 Å². The molecule has 1 unspecified atom stereocenters. The molecule has 3 aromatic rings. The van der Waals surface area contributed by atoms with E-state index < -0.39 is 58.9 Å². The van der Waals surface area contributed by atoms with Gasteiger partial charge in [0.05, 0.1) is 31.0 Å². The Balaban J connectivity index is 1.09. The summed E-state index contributed by atoms with van der Waals surface area (Å²) in [6.45, 7) is 17.3. The zero-order valence-electron chi connectivity index (χ0n) is 36.5. The molecule has 3 amide bonds. The van der Waals surface area contributed by atoms with Crippen molar-refractivity contribution >= 4 is 62.8 Å². The van der Waals surface area contributed by atoms with E-state index in [-0.39, 0.29) is 31.5 Å². The molecule has 2 aliphatic heterocycles. The van der Waals surface area contributed by atoms with Crippen LogP contribution in [0.5, 0.6) is 11.5 Å². The summed E-state index contributed by atoms with van der Waals surface area (Å²) in [4.78, 5) is 68.4. The number of carboxylic acids is 1. The second kappa shape index (κ2) is 18.0. The summed E-state index contributed by atoms with van der Waals surface area (Å²) in [7, 11) is 0. The van der Waals surface area contributed by atoms with Crippen molar-refractivity contribution in [2.75, 3.05) is 51.3 Å². The van der Waals surface area contributed by atoms with Gasteiger partial charge in [0.1, 0.15) is 58.7 Å². The third kappa shape index (κ3) is 9.86. The molecule has 2 aromatic heterocycles. The molecule has 2 saturated heterocycles. The van der Waals surface area contributed by atoms with Crippen LogP contribution >= 0.6 is 22.9 Å². The zero-order chi connectivity index (χ0) is 44.8. The van der Waals surface area contributed by atoms with Crippen LogP contribution in [0.15, 0.2) is 36.2 Å². The second-order valence-electron chi connectivity index (χ2n) is 18.9. The van der Waals surface area contributed by atoms with Crippen molar-refractivity contribution < 1.29 is 43.2 Å². The van der Waals surface area contributed by atoms with Gasteiger partial charge in [-0.15, -0.1) is 17.9 Å². The lowest BCUT2D eigenvalue weighted by molar-refractivity contribution is -0.146. The number of carbonyl (C=O) groups is 4. The van der Waals surface area contributed by atoms with E-state index in [1.807, 2.05) is 46.1 Å². The summed E-state index contributed by atoms with van der Waals surface area (Å²) in [5, 5.41) is 22.6. The van der Waals surface area contributed by atoms with Crippen LogP contribution in [-0.2, 0) is 23.9 Å². The summed E-state index contributed by atoms with van der Waals surface area (Å²) in [5.74, 6) is -0.784. The average molecular weight is 909 g/mol. The lowest BCUT2D eigenvalue weighted by Gasteiger charge is -2.35. The maximum absolute atomic E-state index is 14.8. The molecule has 0 bridgehead atoms. The van der Waals surface area contributed by atoms with E-state index in [1.54, 1.807) is 12.1 Å². The number of carbonyl (C=O) groups excluding carboxylic acids is 3. The normalized spacial score (nSPS) is 27.1. The molecule has 5 aliphatic rings. The monoisotopic (exact) mass is 907 g/mol. The highest BCUT2D eigenvalue weighted by Crippen LogP contribution is 2.52. The number of fused-ring (bicyclic) bond motifs is 2. The van der Waals surface area contributed by atoms with Gasteiger partial charge >= 0.3 is 12.1 Å². The zero-order valence-corrected chi connectivity index (χ0v) is 38.1. The molecule has 3 saturated carbocycles. The van der Waals surface area contributed by atoms with Crippen LogP contribution in [0.1, 0.15) is 66.7 Å². The van der Waals surface area contributed by atoms with E-state index in [1.165, 1.54) is 28.7 Å². The Morgan fingerprint density at radius 2 is 1.81 bits per heavy atom. The Morgan fingerprint density at radius 3 is 2.48 bits per heavy atom. The number of nitrogens with one attached hydrogen (secondary N) is 3. The van der Waals surface area contributed by atoms with Crippen LogP contribution in [0.25, 0.3) is 22.3 Å². The minimum Gasteiger partial charge on any atom is -0.491 e. The number of anilines is 1. The number of halogens is 1. The Morgan fingerprint density at radius 1 is 1.06 bits per heavy atom. The molecular weight excluding hydrogens is 850 g/mol. The van der Waals surface area contributed by atoms with Crippen molar-refractivity contribution in [3.63, 3.8) is 0 Å². The van der Waals surface area contributed by atoms with Crippen LogP contribution in [-0.4, -0.2) is 131 Å². The van der Waals surface area contributed by atoms with Crippen LogP contribution in [0, 0.1) is 23.2 Å². The van der Waals surface area contributed by atoms with Crippen molar-refractivity contribution in [1.29, 1.82) is 0 Å². The number of alkyl carbamates (subject to hydrolysis) is 1. The molecule has 18 heteroatoms. The van der Waals surface area contributed by atoms with Gasteiger partial charge in [-0.3, -0.25) is 14.5 Å². The molecule has 1 aromatic carbocycles. The van der Waals surface area contributed by atoms with Gasteiger partial charge in [0, 0.05) is 54.8 Å². The number of pyridine rings is 1. The van der Waals surface area contributed by atoms with Gasteiger partial charge < -0.3 is 44.9 Å². The first kappa shape index (κ1) is 44.9. The second-order valence-corrected chi connectivity index (χ2v) is 20.1. The lowest BCUT2D eigenvalue weighted by Crippen LogP contribution is -2.59. The van der Waals surface area contributed by atoms with E-state index in [2.05, 4.69) is 27.4 Å². The Bertz CT molecular complexity index is 2230. The third-order valence-electron chi connectivity index (χ3n) is 12.8. The van der Waals surface area contributed by atoms with Gasteiger partial charge in [0.25, 0.3) is 0 Å². The number of amides is 3. The maximum Gasteiger partial charge on any atom is 0.408 e. The Hall–Kier alpha value is -4.71. The van der Waals surface area contributed by atoms with Gasteiger partial charge in [-0.2, -0.15) is 0 Å². The summed E-state index contributed by atoms with van der Waals surface area (Å²) < 4.78 is 24.3. The molecule has 4 heterocycles. The average Bonchev–Trinajstić information content (AvgIpc) is 3.91. The molecule has 8 rings (SSSR count). The molecule has 4 N–H and O–H groups in total. The van der Waals surface area contributed by atoms with Gasteiger partial charge in [-0.05, 0) is 68.9 Å². The fraction of sp³-hybridized carbons (Fsp3) is 0.600. The van der Waals surface area contributed by atoms with Gasteiger partial charge in [0.15, 0.2) is 5.13 Å². The minimum absolute atomic E-state index is 0.0208. The SMILES string of the molecule is C=C[C@@H]1C[C@]1(NC(=O)[C@@H]1CC(Oc2cc(-c3csc(NC(C)C)n3)nc3c(Cl)c(OCCN4CCOCC4)ccc23)CN1C(=O)[C@@H](NC(=O)O[C@@H]1C[C@@H]2C[C@@H]2C1)C(C)(C)C)C(=O)O. The molecule has 5 fully saturated rings. The van der Waals surface area contributed by atoms with E-state index in [9.17, 15) is 24.3 Å². The van der Waals surface area contributed by atoms with Crippen LogP contribution in [0.4, 0.5) is 9.93 Å². The van der Waals surface area contributed by atoms with E-state index in [4.69, 9.17) is 40.5 Å². The first-order chi connectivity index (χ1) is 30.0. The molecule has 8 atom stereocenters. The number of likely N-dealkylation sites (tertiary alicyclic amines) is 1. The maximum atomic E-state index is 14.8. The number of carboxylic acid groups (broad SMARTS) is 1. The number of aliphatic carboxylic acids is 1. The van der Waals surface area contributed by atoms with Crippen molar-refractivity contribution in [2.24, 2.45) is 23.2 Å². The molecule has 16 nitrogen and oxygen atoms in total. The number of thiazole rings is 1. The summed E-state index contributed by atoms with van der Waals surface area (Å²) >= 11 is 8.54. The summed E-state index contributed by atoms with van der Waals surface area (Å²) in [6, 6.07) is 3.30. The quantitative estimate of drug-likeness (QED) is 0.123. The molecule has 340 valence electrons. The smallest absolute Gasteiger partial charge is 0.408 e. The topological polar surface area (TPSA) is 194 Å². The third-order valence-corrected chi connectivity index (χ3v) is 14.0. The number of hydrogen-bond acceptors (Lipinski definition) is 13. The Labute approximate surface area is 376 Å². The fourth-order valence-corrected chi connectivity index (χ4v) is 10.2. The number of nitrogens with zero attached hydrogens (tertiary/aromatic N) is 4. The fourth-order valence-electron chi connectivity index (χ4n) is 9.11. The van der Waals surface area contributed by atoms with Crippen molar-refractivity contribution in [3.05, 3.63) is 41.3 Å². The number of morpholine rings is 1. The number of aromatic nitrogens is 2. The molecule has 3 aliphatic carbocycles. The molecular formula is C45H58ClN7O9S.